The van der Waals surface area contributed by atoms with Gasteiger partial charge >= 0.3 is 0 Å². The van der Waals surface area contributed by atoms with Gasteiger partial charge < -0.3 is 9.84 Å². The van der Waals surface area contributed by atoms with E-state index in [0.717, 1.165) is 17.9 Å². The van der Waals surface area contributed by atoms with Crippen LogP contribution in [-0.4, -0.2) is 24.1 Å². The van der Waals surface area contributed by atoms with Gasteiger partial charge in [-0.3, -0.25) is 0 Å². The van der Waals surface area contributed by atoms with Crippen LogP contribution in [-0.2, 0) is 0 Å². The molecule has 2 aliphatic rings. The number of ether oxygens (including phenoxy) is 1. The van der Waals surface area contributed by atoms with Crippen molar-refractivity contribution in [2.24, 2.45) is 27.0 Å². The van der Waals surface area contributed by atoms with Gasteiger partial charge in [-0.15, -0.1) is 0 Å². The molecule has 22 heavy (non-hydrogen) atoms. The fourth-order valence-electron chi connectivity index (χ4n) is 4.03. The number of hydrogen-bond donors (Lipinski definition) is 1. The summed E-state index contributed by atoms with van der Waals surface area (Å²) in [6, 6.07) is 5.22. The number of aromatic hydroxyl groups is 1. The maximum absolute atomic E-state index is 9.78. The topological polar surface area (TPSA) is 54.2 Å². The van der Waals surface area contributed by atoms with E-state index in [2.05, 4.69) is 31.0 Å². The van der Waals surface area contributed by atoms with Crippen LogP contribution in [0.5, 0.6) is 11.5 Å². The highest BCUT2D eigenvalue weighted by atomic mass is 16.5. The Morgan fingerprint density at radius 3 is 2.64 bits per heavy atom. The lowest BCUT2D eigenvalue weighted by Gasteiger charge is -2.34. The van der Waals surface area contributed by atoms with E-state index in [1.807, 2.05) is 6.07 Å². The summed E-state index contributed by atoms with van der Waals surface area (Å²) in [4.78, 5) is 0. The van der Waals surface area contributed by atoms with Crippen molar-refractivity contribution in [3.05, 3.63) is 23.8 Å². The monoisotopic (exact) mass is 300 g/mol. The quantitative estimate of drug-likeness (QED) is 0.677. The molecule has 4 nitrogen and oxygen atoms in total. The third-order valence-electron chi connectivity index (χ3n) is 6.10. The fraction of sp³-hybridized carbons (Fsp3) is 0.556. The summed E-state index contributed by atoms with van der Waals surface area (Å²) in [5, 5.41) is 18.6. The number of rotatable bonds is 3. The first-order chi connectivity index (χ1) is 10.4. The molecule has 1 aromatic carbocycles. The van der Waals surface area contributed by atoms with Crippen molar-refractivity contribution in [3.8, 4) is 11.5 Å². The summed E-state index contributed by atoms with van der Waals surface area (Å²) in [5.74, 6) is 1.31. The van der Waals surface area contributed by atoms with Crippen molar-refractivity contribution in [1.29, 1.82) is 0 Å². The van der Waals surface area contributed by atoms with Gasteiger partial charge in [0.2, 0.25) is 0 Å². The second kappa shape index (κ2) is 5.11. The van der Waals surface area contributed by atoms with Crippen LogP contribution in [0.15, 0.2) is 28.4 Å². The fourth-order valence-corrected chi connectivity index (χ4v) is 4.03. The normalized spacial score (nSPS) is 31.3. The maximum atomic E-state index is 9.78. The van der Waals surface area contributed by atoms with E-state index in [9.17, 15) is 5.11 Å². The zero-order valence-corrected chi connectivity index (χ0v) is 13.8. The molecule has 2 aliphatic carbocycles. The highest BCUT2D eigenvalue weighted by molar-refractivity contribution is 5.94. The van der Waals surface area contributed by atoms with E-state index in [-0.39, 0.29) is 11.2 Å². The first kappa shape index (κ1) is 15.1. The number of hydrogen-bond acceptors (Lipinski definition) is 4. The summed E-state index contributed by atoms with van der Waals surface area (Å²) >= 11 is 0. The average Bonchev–Trinajstić information content (AvgIpc) is 2.81. The molecule has 2 saturated carbocycles. The second-order valence-corrected chi connectivity index (χ2v) is 7.22. The molecule has 0 amide bonds. The van der Waals surface area contributed by atoms with Crippen LogP contribution in [0.4, 0.5) is 0 Å². The van der Waals surface area contributed by atoms with Crippen molar-refractivity contribution in [3.63, 3.8) is 0 Å². The lowest BCUT2D eigenvalue weighted by Crippen LogP contribution is -2.32. The lowest BCUT2D eigenvalue weighted by molar-refractivity contribution is 0.194. The van der Waals surface area contributed by atoms with Gasteiger partial charge in [0.1, 0.15) is 0 Å². The SMILES string of the molecule is COc1ccc(/C=N/N=C2/CC3CCC2(C)C3(C)C)cc1O. The molecule has 2 atom stereocenters. The summed E-state index contributed by atoms with van der Waals surface area (Å²) < 4.78 is 5.03. The Morgan fingerprint density at radius 2 is 2.09 bits per heavy atom. The van der Waals surface area contributed by atoms with Gasteiger partial charge in [-0.2, -0.15) is 10.2 Å². The third kappa shape index (κ3) is 2.13. The Labute approximate surface area is 131 Å². The minimum Gasteiger partial charge on any atom is -0.504 e. The number of phenolic OH excluding ortho intramolecular Hbond substituents is 1. The van der Waals surface area contributed by atoms with E-state index >= 15 is 0 Å². The number of nitrogens with zero attached hydrogens (tertiary/aromatic N) is 2. The minimum absolute atomic E-state index is 0.118. The first-order valence-corrected chi connectivity index (χ1v) is 7.86. The summed E-state index contributed by atoms with van der Waals surface area (Å²) in [6.07, 6.45) is 5.27. The Morgan fingerprint density at radius 1 is 1.32 bits per heavy atom. The smallest absolute Gasteiger partial charge is 0.160 e. The molecule has 0 heterocycles. The van der Waals surface area contributed by atoms with Crippen LogP contribution in [0.2, 0.25) is 0 Å². The number of phenols is 1. The first-order valence-electron chi connectivity index (χ1n) is 7.86. The van der Waals surface area contributed by atoms with Crippen LogP contribution < -0.4 is 4.74 Å². The summed E-state index contributed by atoms with van der Waals surface area (Å²) in [7, 11) is 1.53. The van der Waals surface area contributed by atoms with Crippen LogP contribution in [0.1, 0.15) is 45.6 Å². The molecule has 0 aromatic heterocycles. The van der Waals surface area contributed by atoms with Crippen molar-refractivity contribution < 1.29 is 9.84 Å². The van der Waals surface area contributed by atoms with Crippen molar-refractivity contribution in [2.45, 2.75) is 40.0 Å². The predicted octanol–water partition coefficient (Wildman–Crippen LogP) is 4.02. The zero-order chi connectivity index (χ0) is 16.0. The van der Waals surface area contributed by atoms with Crippen molar-refractivity contribution >= 4 is 11.9 Å². The molecule has 0 saturated heterocycles. The molecule has 1 aromatic rings. The molecule has 0 aliphatic heterocycles. The molecule has 2 unspecified atom stereocenters. The summed E-state index contributed by atoms with van der Waals surface area (Å²) in [5.41, 5.74) is 2.54. The molecular weight excluding hydrogens is 276 g/mol. The Kier molecular flexibility index (Phi) is 3.50. The van der Waals surface area contributed by atoms with E-state index in [1.54, 1.807) is 18.3 Å². The third-order valence-corrected chi connectivity index (χ3v) is 6.10. The van der Waals surface area contributed by atoms with Gasteiger partial charge in [0.15, 0.2) is 11.5 Å². The average molecular weight is 300 g/mol. The van der Waals surface area contributed by atoms with E-state index in [1.165, 1.54) is 25.7 Å². The molecule has 2 bridgehead atoms. The van der Waals surface area contributed by atoms with Gasteiger partial charge in [0.05, 0.1) is 13.3 Å². The van der Waals surface area contributed by atoms with Crippen LogP contribution in [0.25, 0.3) is 0 Å². The second-order valence-electron chi connectivity index (χ2n) is 7.22. The Balaban J connectivity index is 1.79. The molecule has 4 heteroatoms. The highest BCUT2D eigenvalue weighted by Crippen LogP contribution is 2.63. The van der Waals surface area contributed by atoms with Crippen LogP contribution >= 0.6 is 0 Å². The van der Waals surface area contributed by atoms with Crippen LogP contribution in [0, 0.1) is 16.7 Å². The number of fused-ring (bicyclic) bond motifs is 2. The van der Waals surface area contributed by atoms with Crippen LogP contribution in [0.3, 0.4) is 0 Å². The van der Waals surface area contributed by atoms with E-state index in [4.69, 9.17) is 4.74 Å². The van der Waals surface area contributed by atoms with Gasteiger partial charge in [0.25, 0.3) is 0 Å². The molecule has 2 fully saturated rings. The predicted molar refractivity (Wildman–Crippen MR) is 88.9 cm³/mol. The molecule has 118 valence electrons. The molecular formula is C18H24N2O2. The van der Waals surface area contributed by atoms with Crippen molar-refractivity contribution in [1.82, 2.24) is 0 Å². The standard InChI is InChI=1S/C18H24N2O2/c1-17(2)13-7-8-18(17,3)16(10-13)20-19-11-12-5-6-15(22-4)14(21)9-12/h5-6,9,11,13,21H,7-8,10H2,1-4H3/b19-11+,20-16-. The van der Waals surface area contributed by atoms with Gasteiger partial charge in [-0.05, 0) is 54.4 Å². The zero-order valence-electron chi connectivity index (χ0n) is 13.8. The minimum atomic E-state index is 0.118. The molecule has 3 rings (SSSR count). The highest BCUT2D eigenvalue weighted by Gasteiger charge is 2.59. The van der Waals surface area contributed by atoms with Gasteiger partial charge in [-0.1, -0.05) is 20.8 Å². The number of benzene rings is 1. The van der Waals surface area contributed by atoms with E-state index in [0.29, 0.717) is 11.2 Å². The summed E-state index contributed by atoms with van der Waals surface area (Å²) in [6.45, 7) is 7.05. The van der Waals surface area contributed by atoms with E-state index < -0.39 is 0 Å². The molecule has 0 spiro atoms. The number of methoxy groups -OCH3 is 1. The lowest BCUT2D eigenvalue weighted by atomic mass is 9.70. The van der Waals surface area contributed by atoms with Gasteiger partial charge in [-0.25, -0.2) is 0 Å². The molecule has 0 radical (unpaired) electrons. The Bertz CT molecular complexity index is 648. The molecule has 1 N–H and O–H groups in total. The van der Waals surface area contributed by atoms with Gasteiger partial charge in [0, 0.05) is 11.1 Å². The van der Waals surface area contributed by atoms with Crippen molar-refractivity contribution in [2.75, 3.05) is 7.11 Å². The Hall–Kier alpha value is -1.84. The maximum Gasteiger partial charge on any atom is 0.160 e. The largest absolute Gasteiger partial charge is 0.504 e.